The van der Waals surface area contributed by atoms with Gasteiger partial charge in [0.15, 0.2) is 29.6 Å². The summed E-state index contributed by atoms with van der Waals surface area (Å²) in [6.45, 7) is 5.30. The number of hydrogen-bond donors (Lipinski definition) is 4. The molecule has 0 bridgehead atoms. The number of halogens is 1. The first-order chi connectivity index (χ1) is 23.5. The molecule has 1 heterocycles. The Kier molecular flexibility index (Phi) is 12.4. The van der Waals surface area contributed by atoms with Crippen molar-refractivity contribution in [3.63, 3.8) is 0 Å². The van der Waals surface area contributed by atoms with E-state index in [1.807, 2.05) is 0 Å². The lowest BCUT2D eigenvalue weighted by atomic mass is 9.95. The Morgan fingerprint density at radius 2 is 1.73 bits per heavy atom. The van der Waals surface area contributed by atoms with Gasteiger partial charge >= 0.3 is 18.0 Å². The summed E-state index contributed by atoms with van der Waals surface area (Å²) in [5.74, 6) is -1.00. The molecular formula is C34H35ClN4O10. The molecule has 1 aliphatic heterocycles. The smallest absolute Gasteiger partial charge is 0.338 e. The Labute approximate surface area is 287 Å². The SMILES string of the molecule is CCOC(=O)C1=C(C)NC(=O)N[C@H]1c1ccc(OCC(=O)N/N=C\c2cc(Cl)c(OCc3ccc(C(=O)O)cc3)c(OCC)c2)c(OC)c1. The van der Waals surface area contributed by atoms with Crippen molar-refractivity contribution in [2.45, 2.75) is 33.4 Å². The number of hydrogen-bond acceptors (Lipinski definition) is 10. The van der Waals surface area contributed by atoms with Gasteiger partial charge in [-0.05, 0) is 73.9 Å². The van der Waals surface area contributed by atoms with Gasteiger partial charge in [-0.15, -0.1) is 0 Å². The number of methoxy groups -OCH3 is 1. The molecule has 0 saturated heterocycles. The summed E-state index contributed by atoms with van der Waals surface area (Å²) in [6.07, 6.45) is 1.38. The minimum atomic E-state index is -1.02. The van der Waals surface area contributed by atoms with Crippen LogP contribution in [0.2, 0.25) is 5.02 Å². The van der Waals surface area contributed by atoms with Crippen LogP contribution in [-0.2, 0) is 20.9 Å². The number of allylic oxidation sites excluding steroid dienone is 1. The molecule has 4 rings (SSSR count). The third-order valence-corrected chi connectivity index (χ3v) is 7.24. The zero-order valence-electron chi connectivity index (χ0n) is 27.1. The third kappa shape index (κ3) is 9.41. The fraction of sp³-hybridized carbons (Fsp3) is 0.265. The third-order valence-electron chi connectivity index (χ3n) is 6.96. The molecule has 0 radical (unpaired) electrons. The average Bonchev–Trinajstić information content (AvgIpc) is 3.07. The van der Waals surface area contributed by atoms with Crippen molar-refractivity contribution in [3.05, 3.63) is 93.1 Å². The molecular weight excluding hydrogens is 660 g/mol. The maximum atomic E-state index is 12.6. The summed E-state index contributed by atoms with van der Waals surface area (Å²) in [5.41, 5.74) is 4.94. The van der Waals surface area contributed by atoms with E-state index >= 15 is 0 Å². The molecule has 3 aromatic rings. The summed E-state index contributed by atoms with van der Waals surface area (Å²) in [6, 6.07) is 13.0. The minimum absolute atomic E-state index is 0.122. The second-order valence-electron chi connectivity index (χ2n) is 10.3. The fourth-order valence-electron chi connectivity index (χ4n) is 4.73. The zero-order chi connectivity index (χ0) is 35.5. The Morgan fingerprint density at radius 1 is 0.980 bits per heavy atom. The first kappa shape index (κ1) is 36.1. The number of carbonyl (C=O) groups is 4. The molecule has 0 aromatic heterocycles. The van der Waals surface area contributed by atoms with Crippen LogP contribution in [0, 0.1) is 0 Å². The van der Waals surface area contributed by atoms with Crippen LogP contribution in [0.3, 0.4) is 0 Å². The number of carboxylic acid groups (broad SMARTS) is 1. The highest BCUT2D eigenvalue weighted by Crippen LogP contribution is 2.37. The molecule has 0 fully saturated rings. The number of carbonyl (C=O) groups excluding carboxylic acids is 3. The van der Waals surface area contributed by atoms with E-state index in [0.717, 1.165) is 5.56 Å². The number of esters is 1. The van der Waals surface area contributed by atoms with E-state index in [1.54, 1.807) is 63.2 Å². The van der Waals surface area contributed by atoms with Crippen LogP contribution in [0.25, 0.3) is 0 Å². The number of nitrogens with zero attached hydrogens (tertiary/aromatic N) is 1. The standard InChI is InChI=1S/C34H35ClN4O10/c1-5-46-27-14-21(13-24(35)31(27)49-17-20-7-9-22(10-8-20)32(41)42)16-36-39-28(40)18-48-25-12-11-23(15-26(25)45-4)30-29(33(43)47-6-2)19(3)37-34(44)38-30/h7-16,30H,5-6,17-18H2,1-4H3,(H,39,40)(H,41,42)(H2,37,38,44)/b36-16-/t30-/m0/s1. The van der Waals surface area contributed by atoms with Crippen molar-refractivity contribution in [2.75, 3.05) is 26.9 Å². The number of carboxylic acids is 1. The summed E-state index contributed by atoms with van der Waals surface area (Å²) >= 11 is 6.49. The van der Waals surface area contributed by atoms with E-state index in [9.17, 15) is 19.2 Å². The summed E-state index contributed by atoms with van der Waals surface area (Å²) < 4.78 is 27.9. The zero-order valence-corrected chi connectivity index (χ0v) is 27.9. The van der Waals surface area contributed by atoms with Gasteiger partial charge < -0.3 is 39.4 Å². The lowest BCUT2D eigenvalue weighted by Crippen LogP contribution is -2.45. The number of nitrogens with one attached hydrogen (secondary N) is 3. The van der Waals surface area contributed by atoms with Crippen LogP contribution >= 0.6 is 11.6 Å². The quantitative estimate of drug-likeness (QED) is 0.0984. The van der Waals surface area contributed by atoms with Gasteiger partial charge in [-0.25, -0.2) is 19.8 Å². The molecule has 49 heavy (non-hydrogen) atoms. The molecule has 15 heteroatoms. The molecule has 1 aliphatic rings. The molecule has 1 atom stereocenters. The number of urea groups is 1. The van der Waals surface area contributed by atoms with Gasteiger partial charge in [0.2, 0.25) is 0 Å². The Morgan fingerprint density at radius 3 is 2.41 bits per heavy atom. The van der Waals surface area contributed by atoms with Gasteiger partial charge in [0.1, 0.15) is 6.61 Å². The lowest BCUT2D eigenvalue weighted by Gasteiger charge is -2.28. The Hall–Kier alpha value is -5.76. The first-order valence-corrected chi connectivity index (χ1v) is 15.4. The molecule has 0 spiro atoms. The summed E-state index contributed by atoms with van der Waals surface area (Å²) in [4.78, 5) is 48.4. The van der Waals surface area contributed by atoms with Gasteiger partial charge in [0, 0.05) is 5.70 Å². The number of ether oxygens (including phenoxy) is 5. The maximum absolute atomic E-state index is 12.6. The van der Waals surface area contributed by atoms with Crippen LogP contribution in [-0.4, -0.2) is 62.1 Å². The highest BCUT2D eigenvalue weighted by Gasteiger charge is 2.32. The molecule has 0 aliphatic carbocycles. The molecule has 258 valence electrons. The van der Waals surface area contributed by atoms with Gasteiger partial charge in [-0.3, -0.25) is 4.79 Å². The number of rotatable bonds is 15. The monoisotopic (exact) mass is 694 g/mol. The van der Waals surface area contributed by atoms with Crippen molar-refractivity contribution < 1.29 is 48.0 Å². The van der Waals surface area contributed by atoms with E-state index in [0.29, 0.717) is 34.9 Å². The van der Waals surface area contributed by atoms with Gasteiger partial charge in [0.25, 0.3) is 5.91 Å². The van der Waals surface area contributed by atoms with E-state index in [4.69, 9.17) is 40.4 Å². The average molecular weight is 695 g/mol. The molecule has 14 nitrogen and oxygen atoms in total. The van der Waals surface area contributed by atoms with Crippen molar-refractivity contribution in [2.24, 2.45) is 5.10 Å². The topological polar surface area (TPSA) is 183 Å². The van der Waals surface area contributed by atoms with Crippen molar-refractivity contribution in [1.82, 2.24) is 16.1 Å². The number of amides is 3. The van der Waals surface area contributed by atoms with E-state index in [-0.39, 0.29) is 40.9 Å². The highest BCUT2D eigenvalue weighted by atomic mass is 35.5. The summed E-state index contributed by atoms with van der Waals surface area (Å²) in [7, 11) is 1.42. The second-order valence-corrected chi connectivity index (χ2v) is 10.7. The van der Waals surface area contributed by atoms with Crippen LogP contribution in [0.15, 0.2) is 71.0 Å². The van der Waals surface area contributed by atoms with E-state index in [1.165, 1.54) is 25.5 Å². The van der Waals surface area contributed by atoms with Crippen molar-refractivity contribution >= 4 is 41.7 Å². The lowest BCUT2D eigenvalue weighted by molar-refractivity contribution is -0.139. The van der Waals surface area contributed by atoms with Gasteiger partial charge in [0.05, 0.1) is 48.7 Å². The van der Waals surface area contributed by atoms with Gasteiger partial charge in [-0.1, -0.05) is 29.8 Å². The normalized spacial score (nSPS) is 14.1. The maximum Gasteiger partial charge on any atom is 0.338 e. The van der Waals surface area contributed by atoms with Gasteiger partial charge in [-0.2, -0.15) is 5.10 Å². The highest BCUT2D eigenvalue weighted by molar-refractivity contribution is 6.32. The van der Waals surface area contributed by atoms with Crippen LogP contribution in [0.5, 0.6) is 23.0 Å². The number of hydrazone groups is 1. The first-order valence-electron chi connectivity index (χ1n) is 15.0. The predicted molar refractivity (Wildman–Crippen MR) is 178 cm³/mol. The fourth-order valence-corrected chi connectivity index (χ4v) is 5.00. The van der Waals surface area contributed by atoms with Crippen LogP contribution in [0.1, 0.15) is 53.9 Å². The molecule has 3 amide bonds. The Balaban J connectivity index is 1.38. The van der Waals surface area contributed by atoms with E-state index < -0.39 is 36.5 Å². The van der Waals surface area contributed by atoms with Crippen LogP contribution in [0.4, 0.5) is 4.79 Å². The largest absolute Gasteiger partial charge is 0.493 e. The Bertz CT molecular complexity index is 1780. The van der Waals surface area contributed by atoms with Crippen LogP contribution < -0.4 is 35.0 Å². The second kappa shape index (κ2) is 16.9. The number of aromatic carboxylic acids is 1. The predicted octanol–water partition coefficient (Wildman–Crippen LogP) is 4.74. The number of benzene rings is 3. The molecule has 0 saturated carbocycles. The molecule has 4 N–H and O–H groups in total. The summed E-state index contributed by atoms with van der Waals surface area (Å²) in [5, 5.41) is 18.6. The van der Waals surface area contributed by atoms with E-state index in [2.05, 4.69) is 21.2 Å². The molecule has 0 unspecified atom stereocenters. The van der Waals surface area contributed by atoms with Crippen molar-refractivity contribution in [3.8, 4) is 23.0 Å². The minimum Gasteiger partial charge on any atom is -0.493 e. The van der Waals surface area contributed by atoms with Crippen molar-refractivity contribution in [1.29, 1.82) is 0 Å². The molecule has 3 aromatic carbocycles.